The molecule has 3 aliphatic heterocycles. The van der Waals surface area contributed by atoms with Gasteiger partial charge in [-0.1, -0.05) is 35.3 Å². The Hall–Kier alpha value is -3.09. The Balaban J connectivity index is 0.000000202. The molecule has 1 N–H and O–H groups in total. The zero-order valence-electron chi connectivity index (χ0n) is 38.5. The third-order valence-electron chi connectivity index (χ3n) is 14.4. The topological polar surface area (TPSA) is 159 Å². The summed E-state index contributed by atoms with van der Waals surface area (Å²) in [5.74, 6) is -18.0. The number of aliphatic hydroxyl groups is 1. The van der Waals surface area contributed by atoms with Crippen LogP contribution in [0.15, 0.2) is 51.7 Å². The predicted molar refractivity (Wildman–Crippen MR) is 255 cm³/mol. The summed E-state index contributed by atoms with van der Waals surface area (Å²) in [5.41, 5.74) is 1.59. The Morgan fingerprint density at radius 3 is 1.50 bits per heavy atom. The van der Waals surface area contributed by atoms with Crippen molar-refractivity contribution in [3.05, 3.63) is 63.1 Å². The number of ether oxygens (including phenoxy) is 3. The molecule has 0 aromatic carbocycles. The van der Waals surface area contributed by atoms with Crippen molar-refractivity contribution in [2.24, 2.45) is 71.0 Å². The molecule has 2 aromatic rings. The monoisotopic (exact) mass is 1110 g/mol. The second-order valence-corrected chi connectivity index (χ2v) is 24.6. The van der Waals surface area contributed by atoms with Gasteiger partial charge in [-0.25, -0.2) is 26.3 Å². The summed E-state index contributed by atoms with van der Waals surface area (Å²) in [7, 11) is -1.98. The van der Waals surface area contributed by atoms with Gasteiger partial charge in [0.25, 0.3) is 17.8 Å². The fourth-order valence-electron chi connectivity index (χ4n) is 10.7. The molecule has 6 aliphatic rings. The first-order valence-corrected chi connectivity index (χ1v) is 26.7. The van der Waals surface area contributed by atoms with Crippen LogP contribution in [0.4, 0.5) is 26.3 Å². The highest BCUT2D eigenvalue weighted by atomic mass is 79.9. The number of hydrogen-bond acceptors (Lipinski definition) is 11. The van der Waals surface area contributed by atoms with E-state index >= 15 is 0 Å². The van der Waals surface area contributed by atoms with E-state index in [9.17, 15) is 55.2 Å². The van der Waals surface area contributed by atoms with Gasteiger partial charge >= 0.3 is 17.9 Å². The average Bonchev–Trinajstić information content (AvgIpc) is 3.78. The highest BCUT2D eigenvalue weighted by Crippen LogP contribution is 2.55. The van der Waals surface area contributed by atoms with Crippen LogP contribution in [0, 0.1) is 71.0 Å². The Kier molecular flexibility index (Phi) is 19.1. The van der Waals surface area contributed by atoms with Gasteiger partial charge in [-0.2, -0.15) is 0 Å². The number of aldehydes is 1. The maximum absolute atomic E-state index is 14.3. The van der Waals surface area contributed by atoms with Crippen LogP contribution in [0.2, 0.25) is 0 Å². The number of carbonyl (C=O) groups is 4. The van der Waals surface area contributed by atoms with Crippen LogP contribution < -0.4 is 0 Å². The molecule has 11 nitrogen and oxygen atoms in total. The summed E-state index contributed by atoms with van der Waals surface area (Å²) in [5, 5.41) is 9.24. The number of cyclic esters (lactones) is 3. The summed E-state index contributed by atoms with van der Waals surface area (Å²) in [4.78, 5) is 54.0. The molecule has 3 saturated carbocycles. The minimum Gasteiger partial charge on any atom is -0.462 e. The summed E-state index contributed by atoms with van der Waals surface area (Å²) in [6.07, 6.45) is 5.54. The average molecular weight is 1120 g/mol. The lowest BCUT2D eigenvalue weighted by molar-refractivity contribution is -0.157. The number of halogens is 8. The first kappa shape index (κ1) is 57.5. The number of nitrogens with zero attached hydrogens (tertiary/aromatic N) is 2. The highest BCUT2D eigenvalue weighted by Gasteiger charge is 2.62. The third kappa shape index (κ3) is 13.1. The number of hydrogen-bond donors (Lipinski definition) is 1. The van der Waals surface area contributed by atoms with Gasteiger partial charge < -0.3 is 28.7 Å². The molecule has 5 heterocycles. The molecule has 6 fully saturated rings. The number of allylic oxidation sites excluding steroid dienone is 1. The van der Waals surface area contributed by atoms with Crippen molar-refractivity contribution in [3.8, 4) is 0 Å². The second-order valence-electron chi connectivity index (χ2n) is 19.3. The summed E-state index contributed by atoms with van der Waals surface area (Å²) < 4.78 is 112. The van der Waals surface area contributed by atoms with Gasteiger partial charge in [-0.05, 0) is 108 Å². The van der Waals surface area contributed by atoms with Gasteiger partial charge in [0.15, 0.2) is 0 Å². The van der Waals surface area contributed by atoms with Crippen molar-refractivity contribution < 1.29 is 69.4 Å². The van der Waals surface area contributed by atoms with Crippen molar-refractivity contribution in [2.75, 3.05) is 19.9 Å². The molecule has 8 rings (SSSR count). The van der Waals surface area contributed by atoms with Crippen LogP contribution in [0.25, 0.3) is 6.08 Å². The minimum absolute atomic E-state index is 0. The highest BCUT2D eigenvalue weighted by molar-refractivity contribution is 9.10. The van der Waals surface area contributed by atoms with E-state index < -0.39 is 121 Å². The normalized spacial score (nSPS) is 36.0. The molecule has 2 aromatic heterocycles. The van der Waals surface area contributed by atoms with E-state index in [0.717, 1.165) is 14.6 Å². The van der Waals surface area contributed by atoms with Gasteiger partial charge in [0.1, 0.15) is 24.6 Å². The van der Waals surface area contributed by atoms with Crippen LogP contribution in [-0.4, -0.2) is 104 Å². The Morgan fingerprint density at radius 2 is 1.09 bits per heavy atom. The van der Waals surface area contributed by atoms with Crippen LogP contribution >= 0.6 is 39.0 Å². The molecule has 0 unspecified atom stereocenters. The Morgan fingerprint density at radius 1 is 0.676 bits per heavy atom. The maximum Gasteiger partial charge on any atom is 0.309 e. The van der Waals surface area contributed by atoms with Crippen LogP contribution in [-0.2, 0) is 44.1 Å². The van der Waals surface area contributed by atoms with Crippen molar-refractivity contribution >= 4 is 77.7 Å². The first-order chi connectivity index (χ1) is 31.0. The largest absolute Gasteiger partial charge is 0.462 e. The summed E-state index contributed by atoms with van der Waals surface area (Å²) in [6.45, 7) is 12.7. The number of pyridine rings is 2. The van der Waals surface area contributed by atoms with Crippen molar-refractivity contribution in [1.82, 2.24) is 9.97 Å². The summed E-state index contributed by atoms with van der Waals surface area (Å²) >= 11 is 6.60. The number of alkyl halides is 6. The molecule has 0 radical (unpaired) electrons. The lowest BCUT2D eigenvalue weighted by atomic mass is 9.64. The van der Waals surface area contributed by atoms with E-state index in [1.54, 1.807) is 65.6 Å². The van der Waals surface area contributed by atoms with Crippen LogP contribution in [0.5, 0.6) is 0 Å². The van der Waals surface area contributed by atoms with Gasteiger partial charge in [-0.15, -0.1) is 0 Å². The minimum atomic E-state index is -2.96. The lowest BCUT2D eigenvalue weighted by Gasteiger charge is -2.41. The molecule has 3 saturated heterocycles. The molecule has 0 spiro atoms. The molecular formula is C47H63BBr2F6N2O9P-. The van der Waals surface area contributed by atoms with E-state index in [4.69, 9.17) is 14.2 Å². The quantitative estimate of drug-likeness (QED) is 0.0735. The smallest absolute Gasteiger partial charge is 0.309 e. The Labute approximate surface area is 412 Å². The number of fused-ring (bicyclic) bond motifs is 3. The van der Waals surface area contributed by atoms with Crippen molar-refractivity contribution in [2.45, 2.75) is 103 Å². The van der Waals surface area contributed by atoms with Gasteiger partial charge in [0.05, 0.1) is 30.6 Å². The molecule has 380 valence electrons. The summed E-state index contributed by atoms with van der Waals surface area (Å²) in [6, 6.07) is 7.46. The Bertz CT molecular complexity index is 2170. The third-order valence-corrected chi connectivity index (χ3v) is 16.5. The van der Waals surface area contributed by atoms with Gasteiger partial charge in [-0.3, -0.25) is 24.4 Å². The van der Waals surface area contributed by atoms with E-state index in [1.165, 1.54) is 13.8 Å². The van der Waals surface area contributed by atoms with E-state index in [2.05, 4.69) is 41.8 Å². The lowest BCUT2D eigenvalue weighted by Crippen LogP contribution is -2.48. The van der Waals surface area contributed by atoms with Crippen molar-refractivity contribution in [1.29, 1.82) is 0 Å². The van der Waals surface area contributed by atoms with Crippen LogP contribution in [0.3, 0.4) is 0 Å². The zero-order chi connectivity index (χ0) is 50.1. The number of rotatable bonds is 6. The van der Waals surface area contributed by atoms with Gasteiger partial charge in [0.2, 0.25) is 0 Å². The molecule has 68 heavy (non-hydrogen) atoms. The SMILES string of the molecule is CP(C)(=O)Cc1ccc(Br)cn1.C[C@H]1OC(=O)[C@@H]2CC(F)(F)[C@@H](C)[C@H](/C=C/c3ccc(Br)cn3)[C@H]12.C[C@H]1OC(=O)[C@@H]2CC(F)(F)[C@@H](C)[C@H](C=O)[C@H]12.C[C@H]1OC(=O)[C@@H]2CC(F)(F)[C@@H](C)[C@H](CO)[C@H]12.[BH4-]. The fourth-order valence-corrected chi connectivity index (χ4v) is 12.1. The molecule has 21 heteroatoms. The first-order valence-electron chi connectivity index (χ1n) is 22.3. The number of aliphatic hydroxyl groups excluding tert-OH is 1. The van der Waals surface area contributed by atoms with Crippen molar-refractivity contribution in [3.63, 3.8) is 0 Å². The second kappa shape index (κ2) is 22.6. The van der Waals surface area contributed by atoms with E-state index in [-0.39, 0.29) is 45.0 Å². The molecular weight excluding hydrogens is 1050 g/mol. The maximum atomic E-state index is 14.3. The predicted octanol–water partition coefficient (Wildman–Crippen LogP) is 8.94. The number of aromatic nitrogens is 2. The fraction of sp³-hybridized carbons (Fsp3) is 0.660. The zero-order valence-corrected chi connectivity index (χ0v) is 42.5. The van der Waals surface area contributed by atoms with E-state index in [1.807, 2.05) is 24.3 Å². The van der Waals surface area contributed by atoms with Crippen LogP contribution in [0.1, 0.15) is 72.2 Å². The molecule has 15 atom stereocenters. The molecule has 3 aliphatic carbocycles. The number of esters is 3. The van der Waals surface area contributed by atoms with Gasteiger partial charge in [0, 0.05) is 100 Å². The number of carbonyl (C=O) groups excluding carboxylic acids is 4. The van der Waals surface area contributed by atoms with E-state index in [0.29, 0.717) is 18.1 Å². The molecule has 0 amide bonds. The standard InChI is InChI=1S/C17H18BrF2NO2.C11H16F2O3.C11H14F2O3.C8H11BrNOP.BH4/c1-9-13(6-5-12-4-3-11(18)8-21-12)15-10(2)23-16(22)14(15)7-17(9,19)20;2*1-5-8(4-14)9-6(2)16-10(15)7(9)3-11(5,12)13;1-12(2,11)6-8-4-3-7(9)5-10-8;/h3-6,8-10,13-15H,7H2,1-2H3;5-9,14H,3-4H2,1-2H3;4-9H,3H2,1-2H3;3-5H,6H2,1-2H3;1H4/q;;;;-1/b6-5+;;;;/t9-,10+,13-,14+,15-;2*5-,6+,7+,8-,9+;;/m000../s1. The molecule has 0 bridgehead atoms.